The highest BCUT2D eigenvalue weighted by Gasteiger charge is 2.29. The van der Waals surface area contributed by atoms with Gasteiger partial charge in [-0.1, -0.05) is 0 Å². The molecule has 0 radical (unpaired) electrons. The van der Waals surface area contributed by atoms with Crippen molar-refractivity contribution in [2.24, 2.45) is 14.1 Å². The van der Waals surface area contributed by atoms with Crippen LogP contribution in [-0.2, 0) is 14.1 Å². The maximum atomic E-state index is 12.9. The Bertz CT molecular complexity index is 1040. The van der Waals surface area contributed by atoms with E-state index in [1.165, 1.54) is 0 Å². The Kier molecular flexibility index (Phi) is 3.90. The van der Waals surface area contributed by atoms with E-state index in [1.807, 2.05) is 24.0 Å². The molecule has 4 rings (SSSR count). The van der Waals surface area contributed by atoms with Crippen molar-refractivity contribution in [1.82, 2.24) is 28.8 Å². The lowest BCUT2D eigenvalue weighted by Gasteiger charge is -2.33. The smallest absolute Gasteiger partial charge is 0.330 e. The molecule has 3 aromatic rings. The molecule has 4 heterocycles. The molecule has 8 nitrogen and oxygen atoms in total. The van der Waals surface area contributed by atoms with Gasteiger partial charge in [-0.05, 0) is 38.0 Å². The van der Waals surface area contributed by atoms with Crippen LogP contribution in [0.2, 0.25) is 0 Å². The molecule has 0 saturated carbocycles. The van der Waals surface area contributed by atoms with Gasteiger partial charge in [-0.25, -0.2) is 9.78 Å². The van der Waals surface area contributed by atoms with Crippen molar-refractivity contribution in [2.75, 3.05) is 13.1 Å². The van der Waals surface area contributed by atoms with Crippen molar-refractivity contribution in [3.05, 3.63) is 46.3 Å². The van der Waals surface area contributed by atoms with E-state index >= 15 is 0 Å². The lowest BCUT2D eigenvalue weighted by Crippen LogP contribution is -2.43. The molecular weight excluding hydrogens is 332 g/mol. The lowest BCUT2D eigenvalue weighted by molar-refractivity contribution is 0.0668. The summed E-state index contributed by atoms with van der Waals surface area (Å²) in [5, 5.41) is 4.26. The van der Waals surface area contributed by atoms with Crippen LogP contribution in [0.25, 0.3) is 11.2 Å². The van der Waals surface area contributed by atoms with Gasteiger partial charge in [-0.15, -0.1) is 0 Å². The Labute approximate surface area is 150 Å². The van der Waals surface area contributed by atoms with E-state index in [4.69, 9.17) is 0 Å². The van der Waals surface area contributed by atoms with E-state index in [1.54, 1.807) is 40.2 Å². The number of imidazole rings is 1. The molecule has 0 bridgehead atoms. The summed E-state index contributed by atoms with van der Waals surface area (Å²) in [5.41, 5.74) is 2.79. The summed E-state index contributed by atoms with van der Waals surface area (Å²) in [5.74, 6) is -0.0426. The van der Waals surface area contributed by atoms with E-state index < -0.39 is 0 Å². The highest BCUT2D eigenvalue weighted by atomic mass is 16.2. The number of hydrogen-bond acceptors (Lipinski definition) is 4. The fourth-order valence-corrected chi connectivity index (χ4v) is 3.84. The molecule has 136 valence electrons. The predicted molar refractivity (Wildman–Crippen MR) is 97.1 cm³/mol. The minimum absolute atomic E-state index is 0.0426. The minimum atomic E-state index is -0.0885. The summed E-state index contributed by atoms with van der Waals surface area (Å²) in [7, 11) is 3.54. The van der Waals surface area contributed by atoms with E-state index in [-0.39, 0.29) is 17.6 Å². The van der Waals surface area contributed by atoms with Gasteiger partial charge < -0.3 is 4.90 Å². The number of rotatable bonds is 2. The first kappa shape index (κ1) is 16.6. The van der Waals surface area contributed by atoms with E-state index in [2.05, 4.69) is 10.1 Å². The number of likely N-dealkylation sites (tertiary alicyclic amines) is 1. The molecule has 0 aliphatic carbocycles. The number of carbonyl (C=O) groups excluding carboxylic acids is 1. The van der Waals surface area contributed by atoms with Crippen molar-refractivity contribution in [1.29, 1.82) is 0 Å². The van der Waals surface area contributed by atoms with Gasteiger partial charge in [0.05, 0.1) is 17.3 Å². The monoisotopic (exact) mass is 354 g/mol. The van der Waals surface area contributed by atoms with Gasteiger partial charge in [0.1, 0.15) is 5.69 Å². The summed E-state index contributed by atoms with van der Waals surface area (Å²) in [6.45, 7) is 3.06. The number of amides is 1. The van der Waals surface area contributed by atoms with Crippen molar-refractivity contribution >= 4 is 17.1 Å². The number of fused-ring (bicyclic) bond motifs is 1. The standard InChI is InChI=1S/C18H22N6O2/c1-12-10-15(22(3)20-12)17(25)23-9-5-6-13(11-23)24-16-14(7-4-8-19-16)21(2)18(24)26/h4,7-8,10,13H,5-6,9,11H2,1-3H3/t13-/m0/s1. The largest absolute Gasteiger partial charge is 0.335 e. The first-order valence-electron chi connectivity index (χ1n) is 8.79. The Morgan fingerprint density at radius 1 is 1.31 bits per heavy atom. The average molecular weight is 354 g/mol. The fourth-order valence-electron chi connectivity index (χ4n) is 3.84. The summed E-state index contributed by atoms with van der Waals surface area (Å²) >= 11 is 0. The van der Waals surface area contributed by atoms with Crippen LogP contribution in [0.15, 0.2) is 29.2 Å². The summed E-state index contributed by atoms with van der Waals surface area (Å²) < 4.78 is 4.98. The molecule has 1 fully saturated rings. The van der Waals surface area contributed by atoms with Gasteiger partial charge in [0.15, 0.2) is 5.65 Å². The summed E-state index contributed by atoms with van der Waals surface area (Å²) in [6.07, 6.45) is 3.40. The first-order chi connectivity index (χ1) is 12.5. The number of aromatic nitrogens is 5. The van der Waals surface area contributed by atoms with Gasteiger partial charge in [-0.3, -0.25) is 18.6 Å². The fraction of sp³-hybridized carbons (Fsp3) is 0.444. The van der Waals surface area contributed by atoms with Crippen LogP contribution in [0.1, 0.15) is 35.1 Å². The van der Waals surface area contributed by atoms with Crippen molar-refractivity contribution < 1.29 is 4.79 Å². The number of pyridine rings is 1. The first-order valence-corrected chi connectivity index (χ1v) is 8.79. The molecule has 1 amide bonds. The quantitative estimate of drug-likeness (QED) is 0.694. The SMILES string of the molecule is Cc1cc(C(=O)N2CCC[C@H](n3c(=O)n(C)c4cccnc43)C2)n(C)n1. The molecular formula is C18H22N6O2. The number of hydrogen-bond donors (Lipinski definition) is 0. The number of piperidine rings is 1. The van der Waals surface area contributed by atoms with Crippen LogP contribution in [0, 0.1) is 6.92 Å². The predicted octanol–water partition coefficient (Wildman–Crippen LogP) is 1.25. The van der Waals surface area contributed by atoms with Crippen molar-refractivity contribution in [3.63, 3.8) is 0 Å². The third-order valence-corrected chi connectivity index (χ3v) is 5.12. The average Bonchev–Trinajstić information content (AvgIpc) is 3.11. The van der Waals surface area contributed by atoms with Crippen LogP contribution in [0.5, 0.6) is 0 Å². The maximum Gasteiger partial charge on any atom is 0.330 e. The summed E-state index contributed by atoms with van der Waals surface area (Å²) in [4.78, 5) is 31.9. The Morgan fingerprint density at radius 3 is 2.85 bits per heavy atom. The van der Waals surface area contributed by atoms with E-state index in [0.717, 1.165) is 24.1 Å². The molecule has 1 atom stereocenters. The van der Waals surface area contributed by atoms with E-state index in [0.29, 0.717) is 24.4 Å². The second-order valence-corrected chi connectivity index (χ2v) is 6.90. The van der Waals surface area contributed by atoms with Gasteiger partial charge in [0.25, 0.3) is 5.91 Å². The topological polar surface area (TPSA) is 78.0 Å². The number of carbonyl (C=O) groups is 1. The molecule has 0 spiro atoms. The number of aryl methyl sites for hydroxylation is 3. The summed E-state index contributed by atoms with van der Waals surface area (Å²) in [6, 6.07) is 5.45. The molecule has 26 heavy (non-hydrogen) atoms. The molecule has 8 heteroatoms. The van der Waals surface area contributed by atoms with Crippen LogP contribution in [0.3, 0.4) is 0 Å². The molecule has 0 N–H and O–H groups in total. The Morgan fingerprint density at radius 2 is 2.12 bits per heavy atom. The van der Waals surface area contributed by atoms with Crippen LogP contribution in [0.4, 0.5) is 0 Å². The third kappa shape index (κ3) is 2.53. The lowest BCUT2D eigenvalue weighted by atomic mass is 10.0. The molecule has 0 aromatic carbocycles. The van der Waals surface area contributed by atoms with Gasteiger partial charge in [-0.2, -0.15) is 5.10 Å². The van der Waals surface area contributed by atoms with Crippen LogP contribution in [-0.4, -0.2) is 47.8 Å². The minimum Gasteiger partial charge on any atom is -0.335 e. The second kappa shape index (κ2) is 6.12. The Balaban J connectivity index is 1.68. The highest BCUT2D eigenvalue weighted by Crippen LogP contribution is 2.25. The Hall–Kier alpha value is -2.90. The molecule has 0 unspecified atom stereocenters. The second-order valence-electron chi connectivity index (χ2n) is 6.90. The van der Waals surface area contributed by atoms with Gasteiger partial charge in [0.2, 0.25) is 0 Å². The number of nitrogens with zero attached hydrogens (tertiary/aromatic N) is 6. The molecule has 3 aromatic heterocycles. The normalized spacial score (nSPS) is 17.8. The third-order valence-electron chi connectivity index (χ3n) is 5.12. The maximum absolute atomic E-state index is 12.9. The van der Waals surface area contributed by atoms with Crippen molar-refractivity contribution in [3.8, 4) is 0 Å². The van der Waals surface area contributed by atoms with Crippen LogP contribution >= 0.6 is 0 Å². The molecule has 1 aliphatic heterocycles. The molecule has 1 saturated heterocycles. The zero-order valence-electron chi connectivity index (χ0n) is 15.2. The highest BCUT2D eigenvalue weighted by molar-refractivity contribution is 5.92. The zero-order chi connectivity index (χ0) is 18.4. The van der Waals surface area contributed by atoms with Gasteiger partial charge in [0, 0.05) is 33.4 Å². The zero-order valence-corrected chi connectivity index (χ0v) is 15.2. The van der Waals surface area contributed by atoms with Crippen molar-refractivity contribution in [2.45, 2.75) is 25.8 Å². The molecule has 1 aliphatic rings. The van der Waals surface area contributed by atoms with Crippen LogP contribution < -0.4 is 5.69 Å². The van der Waals surface area contributed by atoms with E-state index in [9.17, 15) is 9.59 Å². The van der Waals surface area contributed by atoms with Gasteiger partial charge >= 0.3 is 5.69 Å².